The molecular formula is C15H21NO3. The van der Waals surface area contributed by atoms with Gasteiger partial charge >= 0.3 is 0 Å². The monoisotopic (exact) mass is 263 g/mol. The predicted molar refractivity (Wildman–Crippen MR) is 72.5 cm³/mol. The first-order valence-electron chi connectivity index (χ1n) is 6.96. The maximum atomic E-state index is 10.6. The van der Waals surface area contributed by atoms with Crippen molar-refractivity contribution >= 4 is 0 Å². The van der Waals surface area contributed by atoms with E-state index in [-0.39, 0.29) is 6.04 Å². The summed E-state index contributed by atoms with van der Waals surface area (Å²) in [7, 11) is 1.66. The van der Waals surface area contributed by atoms with E-state index in [2.05, 4.69) is 11.0 Å². The zero-order valence-electron chi connectivity index (χ0n) is 11.3. The molecule has 1 N–H and O–H groups in total. The molecule has 0 radical (unpaired) electrons. The molecule has 2 atom stereocenters. The molecule has 2 aliphatic rings. The van der Waals surface area contributed by atoms with E-state index in [0.29, 0.717) is 0 Å². The standard InChI is InChI=1S/C15H21NO3/c1-18-12-4-3-11-9-14(15(17)13(11)10-12)16-5-2-7-19-8-6-16/h3-4,10,14-15,17H,2,5-9H2,1H3. The molecule has 1 aliphatic heterocycles. The summed E-state index contributed by atoms with van der Waals surface area (Å²) in [6.07, 6.45) is 1.55. The van der Waals surface area contributed by atoms with Gasteiger partial charge in [-0.05, 0) is 36.1 Å². The third-order valence-corrected chi connectivity index (χ3v) is 4.19. The van der Waals surface area contributed by atoms with Crippen LogP contribution in [0, 0.1) is 0 Å². The van der Waals surface area contributed by atoms with Crippen LogP contribution in [0.3, 0.4) is 0 Å². The average molecular weight is 263 g/mol. The molecular weight excluding hydrogens is 242 g/mol. The Labute approximate surface area is 113 Å². The van der Waals surface area contributed by atoms with Crippen molar-refractivity contribution in [3.63, 3.8) is 0 Å². The molecule has 1 heterocycles. The van der Waals surface area contributed by atoms with Crippen LogP contribution in [0.2, 0.25) is 0 Å². The first-order chi connectivity index (χ1) is 9.29. The number of nitrogens with zero attached hydrogens (tertiary/aromatic N) is 1. The summed E-state index contributed by atoms with van der Waals surface area (Å²) in [5.74, 6) is 0.817. The largest absolute Gasteiger partial charge is 0.497 e. The minimum Gasteiger partial charge on any atom is -0.497 e. The van der Waals surface area contributed by atoms with E-state index in [1.807, 2.05) is 12.1 Å². The second-order valence-corrected chi connectivity index (χ2v) is 5.28. The molecule has 2 unspecified atom stereocenters. The molecule has 0 aromatic heterocycles. The molecule has 3 rings (SSSR count). The van der Waals surface area contributed by atoms with Crippen LogP contribution >= 0.6 is 0 Å². The van der Waals surface area contributed by atoms with Crippen molar-refractivity contribution < 1.29 is 14.6 Å². The lowest BCUT2D eigenvalue weighted by Crippen LogP contribution is -2.39. The topological polar surface area (TPSA) is 41.9 Å². The number of fused-ring (bicyclic) bond motifs is 1. The van der Waals surface area contributed by atoms with Crippen molar-refractivity contribution in [2.24, 2.45) is 0 Å². The van der Waals surface area contributed by atoms with Crippen LogP contribution < -0.4 is 4.74 Å². The Morgan fingerprint density at radius 1 is 1.32 bits per heavy atom. The Bertz CT molecular complexity index is 441. The van der Waals surface area contributed by atoms with E-state index >= 15 is 0 Å². The van der Waals surface area contributed by atoms with E-state index in [1.54, 1.807) is 7.11 Å². The molecule has 0 amide bonds. The molecule has 1 aromatic rings. The number of aliphatic hydroxyl groups excluding tert-OH is 1. The van der Waals surface area contributed by atoms with Gasteiger partial charge in [0.05, 0.1) is 19.8 Å². The highest BCUT2D eigenvalue weighted by Crippen LogP contribution is 2.36. The second kappa shape index (κ2) is 5.49. The van der Waals surface area contributed by atoms with Crippen LogP contribution in [-0.4, -0.2) is 49.5 Å². The van der Waals surface area contributed by atoms with E-state index in [4.69, 9.17) is 9.47 Å². The molecule has 19 heavy (non-hydrogen) atoms. The quantitative estimate of drug-likeness (QED) is 0.875. The van der Waals surface area contributed by atoms with Gasteiger partial charge in [0.15, 0.2) is 0 Å². The number of aliphatic hydroxyl groups is 1. The highest BCUT2D eigenvalue weighted by Gasteiger charge is 2.35. The number of benzene rings is 1. The lowest BCUT2D eigenvalue weighted by Gasteiger charge is -2.29. The number of hydrogen-bond acceptors (Lipinski definition) is 4. The maximum absolute atomic E-state index is 10.6. The molecule has 0 spiro atoms. The Morgan fingerprint density at radius 2 is 2.21 bits per heavy atom. The highest BCUT2D eigenvalue weighted by molar-refractivity contribution is 5.41. The van der Waals surface area contributed by atoms with Crippen LogP contribution in [0.1, 0.15) is 23.7 Å². The highest BCUT2D eigenvalue weighted by atomic mass is 16.5. The fourth-order valence-electron chi connectivity index (χ4n) is 3.13. The average Bonchev–Trinajstić information content (AvgIpc) is 2.64. The minimum atomic E-state index is -0.414. The SMILES string of the molecule is COc1ccc2c(c1)C(O)C(N1CCCOCC1)C2. The molecule has 1 fully saturated rings. The zero-order valence-corrected chi connectivity index (χ0v) is 11.3. The van der Waals surface area contributed by atoms with Gasteiger partial charge in [0.2, 0.25) is 0 Å². The number of methoxy groups -OCH3 is 1. The van der Waals surface area contributed by atoms with E-state index in [9.17, 15) is 5.11 Å². The molecule has 1 saturated heterocycles. The lowest BCUT2D eigenvalue weighted by molar-refractivity contribution is 0.0569. The number of rotatable bonds is 2. The molecule has 1 aromatic carbocycles. The second-order valence-electron chi connectivity index (χ2n) is 5.28. The smallest absolute Gasteiger partial charge is 0.119 e. The lowest BCUT2D eigenvalue weighted by atomic mass is 10.1. The van der Waals surface area contributed by atoms with Crippen molar-refractivity contribution in [1.29, 1.82) is 0 Å². The van der Waals surface area contributed by atoms with Gasteiger partial charge in [0, 0.05) is 25.7 Å². The molecule has 4 heteroatoms. The maximum Gasteiger partial charge on any atom is 0.119 e. The van der Waals surface area contributed by atoms with E-state index in [0.717, 1.165) is 50.5 Å². The summed E-state index contributed by atoms with van der Waals surface area (Å²) in [5, 5.41) is 10.6. The summed E-state index contributed by atoms with van der Waals surface area (Å²) >= 11 is 0. The zero-order chi connectivity index (χ0) is 13.2. The van der Waals surface area contributed by atoms with Crippen LogP contribution in [-0.2, 0) is 11.2 Å². The van der Waals surface area contributed by atoms with Crippen LogP contribution in [0.5, 0.6) is 5.75 Å². The van der Waals surface area contributed by atoms with Gasteiger partial charge in [0.1, 0.15) is 5.75 Å². The van der Waals surface area contributed by atoms with Crippen molar-refractivity contribution in [2.45, 2.75) is 25.0 Å². The van der Waals surface area contributed by atoms with Gasteiger partial charge in [0.25, 0.3) is 0 Å². The summed E-state index contributed by atoms with van der Waals surface area (Å²) in [6, 6.07) is 6.20. The Kier molecular flexibility index (Phi) is 3.73. The molecule has 0 saturated carbocycles. The number of ether oxygens (including phenoxy) is 2. The van der Waals surface area contributed by atoms with E-state index < -0.39 is 6.10 Å². The van der Waals surface area contributed by atoms with Crippen LogP contribution in [0.15, 0.2) is 18.2 Å². The van der Waals surface area contributed by atoms with Crippen LogP contribution in [0.25, 0.3) is 0 Å². The molecule has 1 aliphatic carbocycles. The Balaban J connectivity index is 1.79. The van der Waals surface area contributed by atoms with Gasteiger partial charge in [-0.25, -0.2) is 0 Å². The summed E-state index contributed by atoms with van der Waals surface area (Å²) < 4.78 is 10.7. The fraction of sp³-hybridized carbons (Fsp3) is 0.600. The Hall–Kier alpha value is -1.10. The van der Waals surface area contributed by atoms with Gasteiger partial charge < -0.3 is 14.6 Å². The van der Waals surface area contributed by atoms with Crippen molar-refractivity contribution in [2.75, 3.05) is 33.4 Å². The van der Waals surface area contributed by atoms with Crippen molar-refractivity contribution in [1.82, 2.24) is 4.90 Å². The summed E-state index contributed by atoms with van der Waals surface area (Å²) in [6.45, 7) is 3.52. The van der Waals surface area contributed by atoms with Gasteiger partial charge in [-0.15, -0.1) is 0 Å². The van der Waals surface area contributed by atoms with Crippen LogP contribution in [0.4, 0.5) is 0 Å². The van der Waals surface area contributed by atoms with Gasteiger partial charge in [-0.1, -0.05) is 6.07 Å². The third kappa shape index (κ3) is 2.48. The van der Waals surface area contributed by atoms with E-state index in [1.165, 1.54) is 5.56 Å². The Morgan fingerprint density at radius 3 is 3.05 bits per heavy atom. The molecule has 0 bridgehead atoms. The first-order valence-corrected chi connectivity index (χ1v) is 6.96. The fourth-order valence-corrected chi connectivity index (χ4v) is 3.13. The molecule has 4 nitrogen and oxygen atoms in total. The normalized spacial score (nSPS) is 27.9. The van der Waals surface area contributed by atoms with Gasteiger partial charge in [-0.3, -0.25) is 4.90 Å². The van der Waals surface area contributed by atoms with Crippen molar-refractivity contribution in [3.8, 4) is 5.75 Å². The number of hydrogen-bond donors (Lipinski definition) is 1. The summed E-state index contributed by atoms with van der Waals surface area (Å²) in [4.78, 5) is 2.37. The first kappa shape index (κ1) is 12.9. The molecule has 104 valence electrons. The third-order valence-electron chi connectivity index (χ3n) is 4.19. The predicted octanol–water partition coefficient (Wildman–Crippen LogP) is 1.38. The minimum absolute atomic E-state index is 0.184. The summed E-state index contributed by atoms with van der Waals surface area (Å²) in [5.41, 5.74) is 2.26. The van der Waals surface area contributed by atoms with Crippen molar-refractivity contribution in [3.05, 3.63) is 29.3 Å². The van der Waals surface area contributed by atoms with Gasteiger partial charge in [-0.2, -0.15) is 0 Å².